The van der Waals surface area contributed by atoms with Crippen molar-refractivity contribution >= 4 is 22.1 Å². The fraction of sp³-hybridized carbons (Fsp3) is 0.333. The van der Waals surface area contributed by atoms with Gasteiger partial charge < -0.3 is 4.98 Å². The Labute approximate surface area is 188 Å². The summed E-state index contributed by atoms with van der Waals surface area (Å²) in [5.74, 6) is 0.415. The first-order valence-corrected chi connectivity index (χ1v) is 11.5. The summed E-state index contributed by atoms with van der Waals surface area (Å²) < 4.78 is 1.69. The van der Waals surface area contributed by atoms with Crippen LogP contribution in [0.15, 0.2) is 59.7 Å². The highest BCUT2D eigenvalue weighted by atomic mass is 16.1. The number of para-hydroxylation sites is 1. The maximum atomic E-state index is 13.1. The molecule has 3 aromatic heterocycles. The molecule has 0 spiro atoms. The van der Waals surface area contributed by atoms with Crippen molar-refractivity contribution in [1.82, 2.24) is 19.3 Å². The van der Waals surface area contributed by atoms with Crippen LogP contribution in [0.1, 0.15) is 48.6 Å². The lowest BCUT2D eigenvalue weighted by molar-refractivity contribution is 0.305. The lowest BCUT2D eigenvalue weighted by Crippen LogP contribution is -2.32. The molecule has 0 amide bonds. The molecule has 1 aliphatic rings. The van der Waals surface area contributed by atoms with Crippen molar-refractivity contribution in [3.63, 3.8) is 0 Å². The van der Waals surface area contributed by atoms with E-state index in [4.69, 9.17) is 4.98 Å². The van der Waals surface area contributed by atoms with Gasteiger partial charge in [0.2, 0.25) is 0 Å². The number of aromatic nitrogens is 3. The summed E-state index contributed by atoms with van der Waals surface area (Å²) in [7, 11) is 0. The second-order valence-electron chi connectivity index (χ2n) is 9.10. The van der Waals surface area contributed by atoms with Gasteiger partial charge in [0, 0.05) is 59.8 Å². The Balaban J connectivity index is 1.31. The largest absolute Gasteiger partial charge is 0.361 e. The van der Waals surface area contributed by atoms with Crippen molar-refractivity contribution in [1.29, 1.82) is 0 Å². The number of pyridine rings is 1. The smallest absolute Gasteiger partial charge is 0.261 e. The molecular weight excluding hydrogens is 396 g/mol. The average molecular weight is 427 g/mol. The Morgan fingerprint density at radius 1 is 1.19 bits per heavy atom. The molecule has 0 saturated carbocycles. The molecular formula is C27H30N4O. The molecule has 0 bridgehead atoms. The van der Waals surface area contributed by atoms with E-state index in [0.29, 0.717) is 5.92 Å². The van der Waals surface area contributed by atoms with Gasteiger partial charge in [0.25, 0.3) is 5.56 Å². The van der Waals surface area contributed by atoms with Crippen LogP contribution in [0, 0.1) is 6.92 Å². The van der Waals surface area contributed by atoms with E-state index in [0.717, 1.165) is 49.4 Å². The van der Waals surface area contributed by atoms with Crippen molar-refractivity contribution in [2.45, 2.75) is 39.5 Å². The minimum atomic E-state index is 0.0647. The number of rotatable bonds is 5. The minimum Gasteiger partial charge on any atom is -0.361 e. The first kappa shape index (κ1) is 20.7. The van der Waals surface area contributed by atoms with Gasteiger partial charge in [-0.15, -0.1) is 0 Å². The lowest BCUT2D eigenvalue weighted by atomic mass is 9.98. The minimum absolute atomic E-state index is 0.0647. The number of aromatic amines is 1. The number of nitrogens with zero attached hydrogens (tertiary/aromatic N) is 3. The van der Waals surface area contributed by atoms with Crippen molar-refractivity contribution in [2.75, 3.05) is 19.6 Å². The maximum Gasteiger partial charge on any atom is 0.261 e. The van der Waals surface area contributed by atoms with Gasteiger partial charge in [-0.2, -0.15) is 0 Å². The molecule has 0 radical (unpaired) electrons. The monoisotopic (exact) mass is 426 g/mol. The van der Waals surface area contributed by atoms with Gasteiger partial charge >= 0.3 is 0 Å². The third kappa shape index (κ3) is 3.78. The van der Waals surface area contributed by atoms with Crippen LogP contribution in [0.5, 0.6) is 0 Å². The Morgan fingerprint density at radius 3 is 2.81 bits per heavy atom. The summed E-state index contributed by atoms with van der Waals surface area (Å²) >= 11 is 0. The van der Waals surface area contributed by atoms with Gasteiger partial charge in [-0.05, 0) is 55.0 Å². The number of fused-ring (bicyclic) bond motifs is 2. The molecule has 0 atom stereocenters. The average Bonchev–Trinajstić information content (AvgIpc) is 3.23. The predicted molar refractivity (Wildman–Crippen MR) is 131 cm³/mol. The molecule has 4 aromatic rings. The molecule has 1 N–H and O–H groups in total. The lowest BCUT2D eigenvalue weighted by Gasteiger charge is -2.26. The fourth-order valence-corrected chi connectivity index (χ4v) is 4.71. The number of hydrogen-bond donors (Lipinski definition) is 1. The second kappa shape index (κ2) is 8.40. The van der Waals surface area contributed by atoms with E-state index in [1.807, 2.05) is 25.3 Å². The highest BCUT2D eigenvalue weighted by Gasteiger charge is 2.17. The van der Waals surface area contributed by atoms with Crippen LogP contribution in [0.2, 0.25) is 0 Å². The quantitative estimate of drug-likeness (QED) is 0.492. The SMILES string of the molecule is Cc1nc2cc(C(C)C)ccn2c(=O)c1CCN1CC=C(c2c[nH]c3ccccc23)CC1. The molecule has 0 saturated heterocycles. The number of H-pyrrole nitrogens is 1. The Bertz CT molecular complexity index is 1380. The number of nitrogens with one attached hydrogen (secondary N) is 1. The number of aryl methyl sites for hydroxylation is 1. The summed E-state index contributed by atoms with van der Waals surface area (Å²) in [5.41, 5.74) is 7.59. The second-order valence-corrected chi connectivity index (χ2v) is 9.10. The van der Waals surface area contributed by atoms with E-state index >= 15 is 0 Å². The molecule has 0 aliphatic carbocycles. The standard InChI is InChI=1S/C27H30N4O/c1-18(2)21-10-15-31-26(16-21)29-19(3)22(27(31)32)11-14-30-12-8-20(9-13-30)24-17-28-25-7-5-4-6-23(24)25/h4-8,10,15-18,28H,9,11-14H2,1-3H3. The zero-order chi connectivity index (χ0) is 22.2. The van der Waals surface area contributed by atoms with E-state index < -0.39 is 0 Å². The fourth-order valence-electron chi connectivity index (χ4n) is 4.71. The first-order valence-electron chi connectivity index (χ1n) is 11.5. The molecule has 5 heteroatoms. The van der Waals surface area contributed by atoms with E-state index in [1.54, 1.807) is 4.40 Å². The maximum absolute atomic E-state index is 13.1. The topological polar surface area (TPSA) is 53.4 Å². The number of benzene rings is 1. The summed E-state index contributed by atoms with van der Waals surface area (Å²) in [6.45, 7) is 9.05. The molecule has 5 rings (SSSR count). The van der Waals surface area contributed by atoms with Crippen LogP contribution in [0.3, 0.4) is 0 Å². The highest BCUT2D eigenvalue weighted by Crippen LogP contribution is 2.29. The Kier molecular flexibility index (Phi) is 5.43. The van der Waals surface area contributed by atoms with E-state index in [-0.39, 0.29) is 5.56 Å². The molecule has 32 heavy (non-hydrogen) atoms. The van der Waals surface area contributed by atoms with Crippen molar-refractivity contribution in [2.24, 2.45) is 0 Å². The van der Waals surface area contributed by atoms with Crippen LogP contribution in [0.25, 0.3) is 22.1 Å². The summed E-state index contributed by atoms with van der Waals surface area (Å²) in [6, 6.07) is 12.5. The van der Waals surface area contributed by atoms with Crippen molar-refractivity contribution in [3.05, 3.63) is 87.6 Å². The summed E-state index contributed by atoms with van der Waals surface area (Å²) in [5, 5.41) is 1.29. The molecule has 1 aliphatic heterocycles. The van der Waals surface area contributed by atoms with Crippen LogP contribution in [-0.2, 0) is 6.42 Å². The molecule has 164 valence electrons. The zero-order valence-electron chi connectivity index (χ0n) is 19.1. The molecule has 0 unspecified atom stereocenters. The highest BCUT2D eigenvalue weighted by molar-refractivity contribution is 5.92. The van der Waals surface area contributed by atoms with Gasteiger partial charge in [0.05, 0.1) is 0 Å². The van der Waals surface area contributed by atoms with Gasteiger partial charge in [-0.3, -0.25) is 14.1 Å². The molecule has 4 heterocycles. The zero-order valence-corrected chi connectivity index (χ0v) is 19.1. The molecule has 5 nitrogen and oxygen atoms in total. The normalized spacial score (nSPS) is 15.1. The third-order valence-corrected chi connectivity index (χ3v) is 6.73. The van der Waals surface area contributed by atoms with E-state index in [9.17, 15) is 4.79 Å². The van der Waals surface area contributed by atoms with Crippen molar-refractivity contribution in [3.8, 4) is 0 Å². The first-order chi connectivity index (χ1) is 15.5. The Hall–Kier alpha value is -3.18. The van der Waals surface area contributed by atoms with Crippen LogP contribution in [0.4, 0.5) is 0 Å². The van der Waals surface area contributed by atoms with Gasteiger partial charge in [-0.1, -0.05) is 38.1 Å². The van der Waals surface area contributed by atoms with Crippen LogP contribution >= 0.6 is 0 Å². The van der Waals surface area contributed by atoms with Crippen molar-refractivity contribution < 1.29 is 0 Å². The predicted octanol–water partition coefficient (Wildman–Crippen LogP) is 4.94. The Morgan fingerprint density at radius 2 is 2.03 bits per heavy atom. The van der Waals surface area contributed by atoms with E-state index in [1.165, 1.54) is 27.6 Å². The van der Waals surface area contributed by atoms with Gasteiger partial charge in [0.1, 0.15) is 5.65 Å². The molecule has 0 fully saturated rings. The number of hydrogen-bond acceptors (Lipinski definition) is 3. The third-order valence-electron chi connectivity index (χ3n) is 6.73. The van der Waals surface area contributed by atoms with Gasteiger partial charge in [0.15, 0.2) is 0 Å². The van der Waals surface area contributed by atoms with Crippen LogP contribution in [-0.4, -0.2) is 38.9 Å². The van der Waals surface area contributed by atoms with Gasteiger partial charge in [-0.25, -0.2) is 4.98 Å². The van der Waals surface area contributed by atoms with E-state index in [2.05, 4.69) is 60.3 Å². The summed E-state index contributed by atoms with van der Waals surface area (Å²) in [6.07, 6.45) is 8.09. The molecule has 1 aromatic carbocycles. The summed E-state index contributed by atoms with van der Waals surface area (Å²) in [4.78, 5) is 23.7. The van der Waals surface area contributed by atoms with Crippen LogP contribution < -0.4 is 5.56 Å².